The van der Waals surface area contributed by atoms with Gasteiger partial charge in [0.2, 0.25) is 11.8 Å². The molecular weight excluding hydrogens is 357 g/mol. The molecule has 0 unspecified atom stereocenters. The first-order chi connectivity index (χ1) is 12.5. The molecule has 0 aliphatic carbocycles. The van der Waals surface area contributed by atoms with Crippen LogP contribution in [-0.2, 0) is 16.0 Å². The van der Waals surface area contributed by atoms with E-state index >= 15 is 0 Å². The van der Waals surface area contributed by atoms with Crippen LogP contribution in [0.15, 0.2) is 48.7 Å². The number of nitrogens with one attached hydrogen (secondary N) is 3. The highest BCUT2D eigenvalue weighted by atomic mass is 35.5. The average Bonchev–Trinajstić information content (AvgIpc) is 3.01. The van der Waals surface area contributed by atoms with Crippen molar-refractivity contribution >= 4 is 40.0 Å². The van der Waals surface area contributed by atoms with Crippen molar-refractivity contribution < 1.29 is 14.0 Å². The van der Waals surface area contributed by atoms with Gasteiger partial charge in [0.1, 0.15) is 12.2 Å². The molecule has 3 N–H and O–H groups in total. The monoisotopic (exact) mass is 373 g/mol. The molecule has 3 rings (SSSR count). The molecule has 0 aliphatic heterocycles. The largest absolute Gasteiger partial charge is 0.361 e. The number of carbonyl (C=O) groups excluding carboxylic acids is 2. The highest BCUT2D eigenvalue weighted by Gasteiger charge is 2.11. The third-order valence-corrected chi connectivity index (χ3v) is 4.21. The van der Waals surface area contributed by atoms with Crippen LogP contribution >= 0.6 is 11.6 Å². The predicted molar refractivity (Wildman–Crippen MR) is 99.7 cm³/mol. The molecule has 0 saturated heterocycles. The van der Waals surface area contributed by atoms with Gasteiger partial charge in [-0.05, 0) is 36.2 Å². The van der Waals surface area contributed by atoms with Gasteiger partial charge in [-0.1, -0.05) is 29.8 Å². The van der Waals surface area contributed by atoms with Crippen LogP contribution in [0.2, 0.25) is 5.02 Å². The van der Waals surface area contributed by atoms with E-state index in [0.717, 1.165) is 22.5 Å². The lowest BCUT2D eigenvalue weighted by Gasteiger charge is -2.07. The van der Waals surface area contributed by atoms with E-state index in [0.29, 0.717) is 18.7 Å². The fourth-order valence-electron chi connectivity index (χ4n) is 2.66. The van der Waals surface area contributed by atoms with Crippen molar-refractivity contribution in [1.29, 1.82) is 0 Å². The van der Waals surface area contributed by atoms with E-state index in [9.17, 15) is 14.0 Å². The summed E-state index contributed by atoms with van der Waals surface area (Å²) in [7, 11) is 0. The van der Waals surface area contributed by atoms with Crippen molar-refractivity contribution in [3.63, 3.8) is 0 Å². The van der Waals surface area contributed by atoms with E-state index in [-0.39, 0.29) is 17.4 Å². The number of amides is 2. The number of hydrogen-bond donors (Lipinski definition) is 3. The summed E-state index contributed by atoms with van der Waals surface area (Å²) in [5, 5.41) is 6.26. The molecule has 3 aromatic rings. The molecule has 0 bridgehead atoms. The second-order valence-electron chi connectivity index (χ2n) is 5.81. The number of rotatable bonds is 6. The lowest BCUT2D eigenvalue weighted by molar-refractivity contribution is -0.126. The van der Waals surface area contributed by atoms with Crippen LogP contribution < -0.4 is 10.6 Å². The zero-order valence-electron chi connectivity index (χ0n) is 13.8. The maximum atomic E-state index is 13.1. The number of aromatic nitrogens is 1. The van der Waals surface area contributed by atoms with Crippen LogP contribution in [0.4, 0.5) is 10.1 Å². The van der Waals surface area contributed by atoms with E-state index in [1.165, 1.54) is 12.1 Å². The molecule has 0 aliphatic rings. The summed E-state index contributed by atoms with van der Waals surface area (Å²) >= 11 is 5.65. The van der Waals surface area contributed by atoms with Gasteiger partial charge >= 0.3 is 0 Å². The zero-order valence-corrected chi connectivity index (χ0v) is 14.6. The highest BCUT2D eigenvalue weighted by molar-refractivity contribution is 6.31. The van der Waals surface area contributed by atoms with Crippen LogP contribution in [0.3, 0.4) is 0 Å². The number of fused-ring (bicyclic) bond motifs is 1. The average molecular weight is 374 g/mol. The Labute approximate surface area is 154 Å². The Bertz CT molecular complexity index is 955. The number of para-hydroxylation sites is 1. The van der Waals surface area contributed by atoms with Gasteiger partial charge in [-0.3, -0.25) is 9.59 Å². The van der Waals surface area contributed by atoms with Gasteiger partial charge in [0.15, 0.2) is 0 Å². The molecule has 2 aromatic carbocycles. The number of carbonyl (C=O) groups is 2. The molecule has 7 heteroatoms. The molecule has 0 atom stereocenters. The summed E-state index contributed by atoms with van der Waals surface area (Å²) in [5.74, 6) is -1.44. The molecular formula is C19H17ClFN3O2. The number of aromatic amines is 1. The van der Waals surface area contributed by atoms with Crippen LogP contribution in [0.5, 0.6) is 0 Å². The first kappa shape index (κ1) is 17.9. The summed E-state index contributed by atoms with van der Waals surface area (Å²) in [4.78, 5) is 26.9. The first-order valence-corrected chi connectivity index (χ1v) is 8.47. The predicted octanol–water partition coefficient (Wildman–Crippen LogP) is 3.65. The molecule has 0 fully saturated rings. The summed E-state index contributed by atoms with van der Waals surface area (Å²) < 4.78 is 13.1. The Hall–Kier alpha value is -2.86. The standard InChI is InChI=1S/C19H17ClFN3O2/c20-15-9-13(5-6-16(15)21)24-19(26)10-18(25)22-8-7-12-11-23-17-4-2-1-3-14(12)17/h1-6,9,11,23H,7-8,10H2,(H,22,25)(H,24,26). The molecule has 1 aromatic heterocycles. The molecule has 1 heterocycles. The highest BCUT2D eigenvalue weighted by Crippen LogP contribution is 2.19. The van der Waals surface area contributed by atoms with Crippen molar-refractivity contribution in [2.24, 2.45) is 0 Å². The van der Waals surface area contributed by atoms with E-state index < -0.39 is 11.7 Å². The fraction of sp³-hybridized carbons (Fsp3) is 0.158. The van der Waals surface area contributed by atoms with E-state index in [4.69, 9.17) is 11.6 Å². The van der Waals surface area contributed by atoms with Gasteiger partial charge in [0.05, 0.1) is 5.02 Å². The third kappa shape index (κ3) is 4.40. The minimum absolute atomic E-state index is 0.0917. The number of halogens is 2. The zero-order chi connectivity index (χ0) is 18.5. The molecule has 2 amide bonds. The van der Waals surface area contributed by atoms with Crippen LogP contribution in [0.1, 0.15) is 12.0 Å². The lowest BCUT2D eigenvalue weighted by atomic mass is 10.1. The number of anilines is 1. The van der Waals surface area contributed by atoms with Crippen molar-refractivity contribution in [2.45, 2.75) is 12.8 Å². The Morgan fingerprint density at radius 3 is 2.73 bits per heavy atom. The first-order valence-electron chi connectivity index (χ1n) is 8.09. The second kappa shape index (κ2) is 8.01. The lowest BCUT2D eigenvalue weighted by Crippen LogP contribution is -2.29. The van der Waals surface area contributed by atoms with Gasteiger partial charge in [-0.25, -0.2) is 4.39 Å². The molecule has 5 nitrogen and oxygen atoms in total. The maximum Gasteiger partial charge on any atom is 0.233 e. The molecule has 0 saturated carbocycles. The topological polar surface area (TPSA) is 74.0 Å². The van der Waals surface area contributed by atoms with Crippen LogP contribution in [0, 0.1) is 5.82 Å². The normalized spacial score (nSPS) is 10.7. The molecule has 0 spiro atoms. The van der Waals surface area contributed by atoms with Gasteiger partial charge in [-0.2, -0.15) is 0 Å². The summed E-state index contributed by atoms with van der Waals surface area (Å²) in [5.41, 5.74) is 2.49. The minimum Gasteiger partial charge on any atom is -0.361 e. The van der Waals surface area contributed by atoms with Gasteiger partial charge in [0, 0.05) is 29.3 Å². The summed E-state index contributed by atoms with van der Waals surface area (Å²) in [6.45, 7) is 0.427. The Kier molecular flexibility index (Phi) is 5.53. The third-order valence-electron chi connectivity index (χ3n) is 3.92. The Morgan fingerprint density at radius 1 is 1.12 bits per heavy atom. The summed E-state index contributed by atoms with van der Waals surface area (Å²) in [6.07, 6.45) is 2.26. The fourth-order valence-corrected chi connectivity index (χ4v) is 2.84. The minimum atomic E-state index is -0.570. The SMILES string of the molecule is O=C(CC(=O)Nc1ccc(F)c(Cl)c1)NCCc1c[nH]c2ccccc12. The smallest absolute Gasteiger partial charge is 0.233 e. The van der Waals surface area contributed by atoms with E-state index in [2.05, 4.69) is 15.6 Å². The molecule has 134 valence electrons. The maximum absolute atomic E-state index is 13.1. The molecule has 26 heavy (non-hydrogen) atoms. The van der Waals surface area contributed by atoms with Crippen molar-refractivity contribution in [3.05, 3.63) is 65.1 Å². The summed E-state index contributed by atoms with van der Waals surface area (Å²) in [6, 6.07) is 11.8. The van der Waals surface area contributed by atoms with Crippen molar-refractivity contribution in [2.75, 3.05) is 11.9 Å². The molecule has 0 radical (unpaired) electrons. The van der Waals surface area contributed by atoms with E-state index in [1.807, 2.05) is 30.5 Å². The number of hydrogen-bond acceptors (Lipinski definition) is 2. The Balaban J connectivity index is 1.46. The van der Waals surface area contributed by atoms with Crippen molar-refractivity contribution in [3.8, 4) is 0 Å². The van der Waals surface area contributed by atoms with Crippen LogP contribution in [-0.4, -0.2) is 23.3 Å². The number of benzene rings is 2. The Morgan fingerprint density at radius 2 is 1.92 bits per heavy atom. The second-order valence-corrected chi connectivity index (χ2v) is 6.22. The number of H-pyrrole nitrogens is 1. The quantitative estimate of drug-likeness (QED) is 0.577. The van der Waals surface area contributed by atoms with Gasteiger partial charge in [-0.15, -0.1) is 0 Å². The van der Waals surface area contributed by atoms with Crippen LogP contribution in [0.25, 0.3) is 10.9 Å². The van der Waals surface area contributed by atoms with Crippen molar-refractivity contribution in [1.82, 2.24) is 10.3 Å². The van der Waals surface area contributed by atoms with E-state index in [1.54, 1.807) is 0 Å². The van der Waals surface area contributed by atoms with Gasteiger partial charge in [0.25, 0.3) is 0 Å². The van der Waals surface area contributed by atoms with Gasteiger partial charge < -0.3 is 15.6 Å².